The summed E-state index contributed by atoms with van der Waals surface area (Å²) >= 11 is 0. The minimum atomic E-state index is 0.620. The van der Waals surface area contributed by atoms with Crippen LogP contribution in [0.5, 0.6) is 5.75 Å². The molecule has 1 aromatic heterocycles. The lowest BCUT2D eigenvalue weighted by atomic mass is 10.1. The molecule has 2 heterocycles. The van der Waals surface area contributed by atoms with E-state index >= 15 is 0 Å². The molecule has 0 atom stereocenters. The monoisotopic (exact) mass is 330 g/mol. The summed E-state index contributed by atoms with van der Waals surface area (Å²) < 4.78 is 7.19. The number of benzene rings is 2. The minimum absolute atomic E-state index is 0.620. The Kier molecular flexibility index (Phi) is 3.87. The highest BCUT2D eigenvalue weighted by molar-refractivity contribution is 5.60. The van der Waals surface area contributed by atoms with Gasteiger partial charge in [-0.25, -0.2) is 4.68 Å². The number of methoxy groups -OCH3 is 1. The summed E-state index contributed by atoms with van der Waals surface area (Å²) in [5, 5.41) is 17.6. The van der Waals surface area contributed by atoms with Crippen molar-refractivity contribution in [3.05, 3.63) is 70.9 Å². The van der Waals surface area contributed by atoms with E-state index in [1.807, 2.05) is 47.1 Å². The summed E-state index contributed by atoms with van der Waals surface area (Å²) in [6.45, 7) is 0.896. The molecule has 0 saturated heterocycles. The van der Waals surface area contributed by atoms with E-state index in [9.17, 15) is 5.26 Å². The maximum atomic E-state index is 9.40. The van der Waals surface area contributed by atoms with E-state index in [0.717, 1.165) is 47.9 Å². The number of fused-ring (bicyclic) bond motifs is 1. The van der Waals surface area contributed by atoms with Gasteiger partial charge in [-0.1, -0.05) is 24.3 Å². The van der Waals surface area contributed by atoms with E-state index in [2.05, 4.69) is 17.5 Å². The van der Waals surface area contributed by atoms with Crippen LogP contribution in [-0.2, 0) is 12.8 Å². The van der Waals surface area contributed by atoms with Crippen LogP contribution in [-0.4, -0.2) is 23.4 Å². The number of rotatable bonds is 4. The van der Waals surface area contributed by atoms with E-state index in [1.54, 1.807) is 7.11 Å². The molecule has 0 fully saturated rings. The topological polar surface area (TPSA) is 62.9 Å². The first-order valence-corrected chi connectivity index (χ1v) is 8.27. The molecule has 25 heavy (non-hydrogen) atoms. The van der Waals surface area contributed by atoms with Crippen molar-refractivity contribution in [1.82, 2.24) is 9.78 Å². The van der Waals surface area contributed by atoms with Crippen LogP contribution in [0.15, 0.2) is 48.5 Å². The third kappa shape index (κ3) is 2.72. The van der Waals surface area contributed by atoms with E-state index in [1.165, 1.54) is 5.56 Å². The number of nitrogens with zero attached hydrogens (tertiary/aromatic N) is 3. The average Bonchev–Trinajstić information content (AvgIpc) is 3.26. The Morgan fingerprint density at radius 2 is 2.12 bits per heavy atom. The molecule has 0 saturated carbocycles. The van der Waals surface area contributed by atoms with Crippen LogP contribution in [0, 0.1) is 11.3 Å². The smallest absolute Gasteiger partial charge is 0.133 e. The van der Waals surface area contributed by atoms with Crippen molar-refractivity contribution in [2.75, 3.05) is 19.0 Å². The van der Waals surface area contributed by atoms with Crippen LogP contribution in [0.1, 0.15) is 22.4 Å². The highest BCUT2D eigenvalue weighted by Crippen LogP contribution is 2.31. The summed E-state index contributed by atoms with van der Waals surface area (Å²) in [6, 6.07) is 17.9. The minimum Gasteiger partial charge on any atom is -0.497 e. The molecular formula is C20H18N4O. The van der Waals surface area contributed by atoms with Crippen LogP contribution < -0.4 is 10.1 Å². The van der Waals surface area contributed by atoms with Gasteiger partial charge in [-0.15, -0.1) is 0 Å². The zero-order valence-corrected chi connectivity index (χ0v) is 14.0. The summed E-state index contributed by atoms with van der Waals surface area (Å²) in [6.07, 6.45) is 1.69. The Bertz CT molecular complexity index is 968. The van der Waals surface area contributed by atoms with Crippen LogP contribution >= 0.6 is 0 Å². The maximum Gasteiger partial charge on any atom is 0.133 e. The molecule has 4 rings (SSSR count). The molecule has 0 unspecified atom stereocenters. The van der Waals surface area contributed by atoms with Gasteiger partial charge in [0.05, 0.1) is 24.1 Å². The van der Waals surface area contributed by atoms with Gasteiger partial charge >= 0.3 is 0 Å². The van der Waals surface area contributed by atoms with Gasteiger partial charge < -0.3 is 10.1 Å². The lowest BCUT2D eigenvalue weighted by Gasteiger charge is -2.08. The fraction of sp³-hybridized carbons (Fsp3) is 0.200. The number of nitriles is 1. The summed E-state index contributed by atoms with van der Waals surface area (Å²) in [7, 11) is 1.67. The van der Waals surface area contributed by atoms with Gasteiger partial charge in [0.2, 0.25) is 0 Å². The molecule has 0 bridgehead atoms. The predicted octanol–water partition coefficient (Wildman–Crippen LogP) is 3.31. The molecule has 0 radical (unpaired) electrons. The van der Waals surface area contributed by atoms with Crippen molar-refractivity contribution in [2.24, 2.45) is 0 Å². The summed E-state index contributed by atoms with van der Waals surface area (Å²) in [4.78, 5) is 0. The van der Waals surface area contributed by atoms with Gasteiger partial charge in [0.1, 0.15) is 17.6 Å². The highest BCUT2D eigenvalue weighted by Gasteiger charge is 2.24. The molecule has 3 aromatic rings. The van der Waals surface area contributed by atoms with E-state index < -0.39 is 0 Å². The number of hydrogen-bond acceptors (Lipinski definition) is 4. The van der Waals surface area contributed by atoms with Gasteiger partial charge in [0, 0.05) is 18.5 Å². The molecule has 5 heteroatoms. The standard InChI is InChI=1S/C20H18N4O/c1-25-16-7-4-5-14(11-16)12-18-17-9-10-22-20(17)24(23-18)19-8-3-2-6-15(19)13-21/h2-8,11,22H,9-10,12H2,1H3. The summed E-state index contributed by atoms with van der Waals surface area (Å²) in [5.41, 5.74) is 4.87. The first kappa shape index (κ1) is 15.3. The van der Waals surface area contributed by atoms with Gasteiger partial charge in [-0.2, -0.15) is 10.4 Å². The third-order valence-corrected chi connectivity index (χ3v) is 4.49. The predicted molar refractivity (Wildman–Crippen MR) is 96.3 cm³/mol. The largest absolute Gasteiger partial charge is 0.497 e. The Hall–Kier alpha value is -3.26. The zero-order chi connectivity index (χ0) is 17.2. The number of hydrogen-bond donors (Lipinski definition) is 1. The zero-order valence-electron chi connectivity index (χ0n) is 14.0. The number of aromatic nitrogens is 2. The third-order valence-electron chi connectivity index (χ3n) is 4.49. The number of nitrogens with one attached hydrogen (secondary N) is 1. The van der Waals surface area contributed by atoms with E-state index in [4.69, 9.17) is 9.84 Å². The Balaban J connectivity index is 1.77. The maximum absolute atomic E-state index is 9.40. The highest BCUT2D eigenvalue weighted by atomic mass is 16.5. The molecular weight excluding hydrogens is 312 g/mol. The normalized spacial score (nSPS) is 12.3. The van der Waals surface area contributed by atoms with Crippen molar-refractivity contribution in [3.8, 4) is 17.5 Å². The lowest BCUT2D eigenvalue weighted by molar-refractivity contribution is 0.414. The quantitative estimate of drug-likeness (QED) is 0.797. The fourth-order valence-corrected chi connectivity index (χ4v) is 3.29. The molecule has 124 valence electrons. The lowest BCUT2D eigenvalue weighted by Crippen LogP contribution is -2.06. The Morgan fingerprint density at radius 1 is 1.24 bits per heavy atom. The van der Waals surface area contributed by atoms with E-state index in [0.29, 0.717) is 5.56 Å². The van der Waals surface area contributed by atoms with Crippen molar-refractivity contribution >= 4 is 5.82 Å². The molecule has 1 aliphatic heterocycles. The number of ether oxygens (including phenoxy) is 1. The van der Waals surface area contributed by atoms with Gasteiger partial charge in [-0.3, -0.25) is 0 Å². The second-order valence-electron chi connectivity index (χ2n) is 6.02. The van der Waals surface area contributed by atoms with Gasteiger partial charge in [-0.05, 0) is 36.2 Å². The van der Waals surface area contributed by atoms with Crippen molar-refractivity contribution in [1.29, 1.82) is 5.26 Å². The second-order valence-corrected chi connectivity index (χ2v) is 6.02. The van der Waals surface area contributed by atoms with Crippen molar-refractivity contribution < 1.29 is 4.74 Å². The molecule has 1 N–H and O–H groups in total. The molecule has 0 spiro atoms. The van der Waals surface area contributed by atoms with Crippen LogP contribution in [0.2, 0.25) is 0 Å². The molecule has 0 aliphatic carbocycles. The Morgan fingerprint density at radius 3 is 2.96 bits per heavy atom. The fourth-order valence-electron chi connectivity index (χ4n) is 3.29. The van der Waals surface area contributed by atoms with Gasteiger partial charge in [0.15, 0.2) is 0 Å². The van der Waals surface area contributed by atoms with Crippen LogP contribution in [0.4, 0.5) is 5.82 Å². The van der Waals surface area contributed by atoms with E-state index in [-0.39, 0.29) is 0 Å². The first-order chi connectivity index (χ1) is 12.3. The van der Waals surface area contributed by atoms with Crippen LogP contribution in [0.3, 0.4) is 0 Å². The first-order valence-electron chi connectivity index (χ1n) is 8.27. The average molecular weight is 330 g/mol. The molecule has 1 aliphatic rings. The number of anilines is 1. The summed E-state index contributed by atoms with van der Waals surface area (Å²) in [5.74, 6) is 1.85. The molecule has 5 nitrogen and oxygen atoms in total. The Labute approximate surface area is 146 Å². The van der Waals surface area contributed by atoms with Crippen LogP contribution in [0.25, 0.3) is 5.69 Å². The molecule has 0 amide bonds. The second kappa shape index (κ2) is 6.33. The van der Waals surface area contributed by atoms with Crippen molar-refractivity contribution in [3.63, 3.8) is 0 Å². The van der Waals surface area contributed by atoms with Gasteiger partial charge in [0.25, 0.3) is 0 Å². The molecule has 2 aromatic carbocycles. The number of para-hydroxylation sites is 1. The van der Waals surface area contributed by atoms with Crippen molar-refractivity contribution in [2.45, 2.75) is 12.8 Å². The SMILES string of the molecule is COc1cccc(Cc2nn(-c3ccccc3C#N)c3c2CCN3)c1.